The van der Waals surface area contributed by atoms with Crippen molar-refractivity contribution in [2.24, 2.45) is 5.92 Å². The summed E-state index contributed by atoms with van der Waals surface area (Å²) >= 11 is 0. The molecule has 0 bridgehead atoms. The van der Waals surface area contributed by atoms with Gasteiger partial charge in [-0.15, -0.1) is 0 Å². The summed E-state index contributed by atoms with van der Waals surface area (Å²) in [5.74, 6) is 2.52. The van der Waals surface area contributed by atoms with E-state index in [4.69, 9.17) is 13.9 Å². The molecular formula is C23H27NO3. The van der Waals surface area contributed by atoms with Crippen molar-refractivity contribution in [3.63, 3.8) is 0 Å². The normalized spacial score (nSPS) is 15.1. The Bertz CT molecular complexity index is 801. The van der Waals surface area contributed by atoms with Crippen LogP contribution in [0.25, 0.3) is 11.1 Å². The predicted octanol–water partition coefficient (Wildman–Crippen LogP) is 6.75. The molecule has 0 atom stereocenters. The summed E-state index contributed by atoms with van der Waals surface area (Å²) in [5, 5.41) is 0. The summed E-state index contributed by atoms with van der Waals surface area (Å²) in [6, 6.07) is 15.2. The number of hydrogen-bond donors (Lipinski definition) is 0. The second-order valence-electron chi connectivity index (χ2n) is 7.37. The maximum atomic E-state index is 5.85. The maximum Gasteiger partial charge on any atom is 0.400 e. The molecule has 0 aliphatic heterocycles. The molecule has 4 nitrogen and oxygen atoms in total. The Morgan fingerprint density at radius 3 is 2.48 bits per heavy atom. The third-order valence-electron chi connectivity index (χ3n) is 5.30. The molecule has 4 heteroatoms. The smallest absolute Gasteiger partial charge is 0.400 e. The van der Waals surface area contributed by atoms with Crippen LogP contribution in [0.3, 0.4) is 0 Å². The van der Waals surface area contributed by atoms with Gasteiger partial charge in [0.15, 0.2) is 5.58 Å². The van der Waals surface area contributed by atoms with E-state index in [2.05, 4.69) is 4.98 Å². The number of aromatic nitrogens is 1. The van der Waals surface area contributed by atoms with E-state index in [1.54, 1.807) is 0 Å². The van der Waals surface area contributed by atoms with Gasteiger partial charge in [-0.1, -0.05) is 50.7 Å². The zero-order chi connectivity index (χ0) is 18.3. The van der Waals surface area contributed by atoms with Gasteiger partial charge in [0.2, 0.25) is 0 Å². The third-order valence-corrected chi connectivity index (χ3v) is 5.30. The predicted molar refractivity (Wildman–Crippen MR) is 106 cm³/mol. The fourth-order valence-corrected chi connectivity index (χ4v) is 3.80. The van der Waals surface area contributed by atoms with E-state index in [0.29, 0.717) is 5.75 Å². The third kappa shape index (κ3) is 5.03. The molecule has 1 aliphatic rings. The van der Waals surface area contributed by atoms with Crippen LogP contribution in [-0.4, -0.2) is 11.6 Å². The summed E-state index contributed by atoms with van der Waals surface area (Å²) in [5.41, 5.74) is 1.52. The fraction of sp³-hybridized carbons (Fsp3) is 0.435. The number of rotatable bonds is 8. The molecule has 1 aromatic heterocycles. The highest BCUT2D eigenvalue weighted by Gasteiger charge is 2.12. The van der Waals surface area contributed by atoms with Gasteiger partial charge < -0.3 is 13.9 Å². The Morgan fingerprint density at radius 1 is 0.889 bits per heavy atom. The summed E-state index contributed by atoms with van der Waals surface area (Å²) in [7, 11) is 0. The maximum absolute atomic E-state index is 5.85. The van der Waals surface area contributed by atoms with Crippen LogP contribution in [0.1, 0.15) is 51.4 Å². The Balaban J connectivity index is 1.20. The molecule has 1 saturated carbocycles. The van der Waals surface area contributed by atoms with Crippen LogP contribution in [0.5, 0.6) is 17.6 Å². The van der Waals surface area contributed by atoms with Gasteiger partial charge >= 0.3 is 6.08 Å². The number of unbranched alkanes of at least 4 members (excludes halogenated alkanes) is 1. The molecule has 1 aliphatic carbocycles. The summed E-state index contributed by atoms with van der Waals surface area (Å²) in [4.78, 5) is 4.32. The highest BCUT2D eigenvalue weighted by Crippen LogP contribution is 2.28. The average molecular weight is 365 g/mol. The number of benzene rings is 2. The molecule has 0 radical (unpaired) electrons. The van der Waals surface area contributed by atoms with Crippen molar-refractivity contribution in [2.75, 3.05) is 6.61 Å². The lowest BCUT2D eigenvalue weighted by Crippen LogP contribution is -2.06. The monoisotopic (exact) mass is 365 g/mol. The average Bonchev–Trinajstić information content (AvgIpc) is 3.12. The second-order valence-corrected chi connectivity index (χ2v) is 7.37. The number of para-hydroxylation sites is 2. The van der Waals surface area contributed by atoms with Crippen molar-refractivity contribution in [2.45, 2.75) is 51.4 Å². The van der Waals surface area contributed by atoms with Crippen LogP contribution in [0.15, 0.2) is 52.9 Å². The van der Waals surface area contributed by atoms with Crippen LogP contribution >= 0.6 is 0 Å². The molecule has 0 unspecified atom stereocenters. The van der Waals surface area contributed by atoms with E-state index in [-0.39, 0.29) is 6.08 Å². The van der Waals surface area contributed by atoms with Crippen LogP contribution in [-0.2, 0) is 0 Å². The van der Waals surface area contributed by atoms with Gasteiger partial charge in [-0.2, -0.15) is 4.98 Å². The largest absolute Gasteiger partial charge is 0.494 e. The molecule has 3 aromatic rings. The second kappa shape index (κ2) is 8.94. The number of fused-ring (bicyclic) bond motifs is 1. The first-order chi connectivity index (χ1) is 13.4. The lowest BCUT2D eigenvalue weighted by molar-refractivity contribution is 0.283. The molecule has 142 valence electrons. The fourth-order valence-electron chi connectivity index (χ4n) is 3.80. The molecule has 4 rings (SSSR count). The number of ether oxygens (including phenoxy) is 2. The molecule has 1 heterocycles. The van der Waals surface area contributed by atoms with E-state index >= 15 is 0 Å². The first-order valence-corrected chi connectivity index (χ1v) is 10.1. The van der Waals surface area contributed by atoms with Crippen molar-refractivity contribution >= 4 is 11.1 Å². The number of hydrogen-bond acceptors (Lipinski definition) is 4. The van der Waals surface area contributed by atoms with Crippen LogP contribution < -0.4 is 9.47 Å². The standard InChI is InChI=1S/C23H27NO3/c1-2-8-18(9-3-1)10-6-7-17-25-19-13-15-20(16-14-19)26-23-24-21-11-4-5-12-22(21)27-23/h4-5,11-16,18H,1-3,6-10,17H2. The van der Waals surface area contributed by atoms with Crippen molar-refractivity contribution in [1.82, 2.24) is 4.98 Å². The van der Waals surface area contributed by atoms with E-state index in [1.165, 1.54) is 44.9 Å². The van der Waals surface area contributed by atoms with Gasteiger partial charge in [0.05, 0.1) is 6.61 Å². The quantitative estimate of drug-likeness (QED) is 0.414. The van der Waals surface area contributed by atoms with Gasteiger partial charge in [-0.3, -0.25) is 0 Å². The van der Waals surface area contributed by atoms with E-state index in [1.807, 2.05) is 48.5 Å². The minimum Gasteiger partial charge on any atom is -0.494 e. The molecule has 27 heavy (non-hydrogen) atoms. The zero-order valence-electron chi connectivity index (χ0n) is 15.7. The van der Waals surface area contributed by atoms with Crippen molar-refractivity contribution in [3.8, 4) is 17.6 Å². The molecule has 0 amide bonds. The SMILES string of the molecule is c1ccc2oc(Oc3ccc(OCCCCC4CCCCC4)cc3)nc2c1. The first-order valence-electron chi connectivity index (χ1n) is 10.1. The van der Waals surface area contributed by atoms with Crippen molar-refractivity contribution in [3.05, 3.63) is 48.5 Å². The van der Waals surface area contributed by atoms with Gasteiger partial charge in [-0.05, 0) is 55.2 Å². The van der Waals surface area contributed by atoms with Gasteiger partial charge in [0.25, 0.3) is 0 Å². The minimum absolute atomic E-state index is 0.257. The molecule has 0 spiro atoms. The summed E-state index contributed by atoms with van der Waals surface area (Å²) in [6.45, 7) is 0.776. The molecular weight excluding hydrogens is 338 g/mol. The Hall–Kier alpha value is -2.49. The minimum atomic E-state index is 0.257. The summed E-state index contributed by atoms with van der Waals surface area (Å²) in [6.07, 6.45) is 11.2. The van der Waals surface area contributed by atoms with Crippen molar-refractivity contribution in [1.29, 1.82) is 0 Å². The van der Waals surface area contributed by atoms with E-state index in [0.717, 1.165) is 35.8 Å². The van der Waals surface area contributed by atoms with Crippen LogP contribution in [0.4, 0.5) is 0 Å². The topological polar surface area (TPSA) is 44.5 Å². The first kappa shape index (κ1) is 17.9. The Kier molecular flexibility index (Phi) is 5.92. The van der Waals surface area contributed by atoms with E-state index < -0.39 is 0 Å². The van der Waals surface area contributed by atoms with Crippen LogP contribution in [0, 0.1) is 5.92 Å². The molecule has 0 N–H and O–H groups in total. The number of oxazole rings is 1. The Labute approximate surface area is 160 Å². The van der Waals surface area contributed by atoms with Gasteiger partial charge in [-0.25, -0.2) is 0 Å². The van der Waals surface area contributed by atoms with E-state index in [9.17, 15) is 0 Å². The Morgan fingerprint density at radius 2 is 1.67 bits per heavy atom. The molecule has 1 fully saturated rings. The highest BCUT2D eigenvalue weighted by atomic mass is 16.6. The molecule has 2 aromatic carbocycles. The zero-order valence-corrected chi connectivity index (χ0v) is 15.7. The summed E-state index contributed by atoms with van der Waals surface area (Å²) < 4.78 is 17.1. The lowest BCUT2D eigenvalue weighted by atomic mass is 9.86. The van der Waals surface area contributed by atoms with Gasteiger partial charge in [0.1, 0.15) is 17.0 Å². The molecule has 0 saturated heterocycles. The van der Waals surface area contributed by atoms with Crippen LogP contribution in [0.2, 0.25) is 0 Å². The highest BCUT2D eigenvalue weighted by molar-refractivity contribution is 5.72. The van der Waals surface area contributed by atoms with Crippen molar-refractivity contribution < 1.29 is 13.9 Å². The van der Waals surface area contributed by atoms with Gasteiger partial charge in [0, 0.05) is 0 Å². The number of nitrogens with zero attached hydrogens (tertiary/aromatic N) is 1. The lowest BCUT2D eigenvalue weighted by Gasteiger charge is -2.21.